The molecular formula is C22H22F2N4O3. The summed E-state index contributed by atoms with van der Waals surface area (Å²) in [6.07, 6.45) is 3.06. The van der Waals surface area contributed by atoms with Crippen LogP contribution in [0.2, 0.25) is 0 Å². The fourth-order valence-electron chi connectivity index (χ4n) is 4.31. The van der Waals surface area contributed by atoms with Crippen LogP contribution in [-0.4, -0.2) is 40.1 Å². The number of fused-ring (bicyclic) bond motifs is 2. The number of halogens is 2. The van der Waals surface area contributed by atoms with Crippen LogP contribution >= 0.6 is 0 Å². The van der Waals surface area contributed by atoms with Gasteiger partial charge in [0.05, 0.1) is 18.9 Å². The summed E-state index contributed by atoms with van der Waals surface area (Å²) < 4.78 is 39.1. The van der Waals surface area contributed by atoms with E-state index >= 15 is 0 Å². The number of rotatable bonds is 6. The van der Waals surface area contributed by atoms with Crippen molar-refractivity contribution in [3.05, 3.63) is 53.7 Å². The molecule has 4 heterocycles. The molecule has 3 aromatic heterocycles. The van der Waals surface area contributed by atoms with Crippen LogP contribution in [0.1, 0.15) is 48.1 Å². The van der Waals surface area contributed by atoms with Gasteiger partial charge in [-0.25, -0.2) is 18.7 Å². The quantitative estimate of drug-likeness (QED) is 0.642. The molecule has 1 saturated carbocycles. The SMILES string of the molecule is CCOc1cc2nc(C34COCC[C@@H]3C4)cn2cc1NC(=O)c1cccc(C(F)F)n1. The number of anilines is 1. The van der Waals surface area contributed by atoms with E-state index in [1.54, 1.807) is 12.3 Å². The van der Waals surface area contributed by atoms with Crippen molar-refractivity contribution in [1.29, 1.82) is 0 Å². The molecule has 31 heavy (non-hydrogen) atoms. The normalized spacial score (nSPS) is 22.4. The molecule has 162 valence electrons. The lowest BCUT2D eigenvalue weighted by molar-refractivity contribution is 0.0739. The van der Waals surface area contributed by atoms with E-state index in [4.69, 9.17) is 14.5 Å². The van der Waals surface area contributed by atoms with Crippen molar-refractivity contribution in [3.8, 4) is 5.75 Å². The summed E-state index contributed by atoms with van der Waals surface area (Å²) >= 11 is 0. The fraction of sp³-hybridized carbons (Fsp3) is 0.409. The van der Waals surface area contributed by atoms with E-state index < -0.39 is 18.0 Å². The highest BCUT2D eigenvalue weighted by Gasteiger charge is 2.58. The predicted octanol–water partition coefficient (Wildman–Crippen LogP) is 4.00. The second kappa shape index (κ2) is 7.56. The monoisotopic (exact) mass is 428 g/mol. The number of hydrogen-bond acceptors (Lipinski definition) is 5. The fourth-order valence-corrected chi connectivity index (χ4v) is 4.31. The first kappa shape index (κ1) is 19.9. The summed E-state index contributed by atoms with van der Waals surface area (Å²) in [4.78, 5) is 21.2. The zero-order chi connectivity index (χ0) is 21.6. The number of carbonyl (C=O) groups is 1. The number of amides is 1. The first-order valence-electron chi connectivity index (χ1n) is 10.3. The average Bonchev–Trinajstić information content (AvgIpc) is 3.39. The Morgan fingerprint density at radius 1 is 1.39 bits per heavy atom. The standard InChI is InChI=1S/C22H22F2N4O3/c1-2-31-17-8-19-27-18(22-9-13(22)6-7-30-12-22)11-28(19)10-16(17)26-21(29)15-5-3-4-14(25-15)20(23)24/h3-5,8,10-11,13,20H,2,6-7,9,12H2,1H3,(H,26,29)/t13-,22?/m1/s1. The summed E-state index contributed by atoms with van der Waals surface area (Å²) in [6.45, 7) is 3.71. The van der Waals surface area contributed by atoms with Gasteiger partial charge in [0.25, 0.3) is 12.3 Å². The summed E-state index contributed by atoms with van der Waals surface area (Å²) in [6, 6.07) is 5.73. The van der Waals surface area contributed by atoms with Crippen molar-refractivity contribution < 1.29 is 23.0 Å². The second-order valence-electron chi connectivity index (χ2n) is 7.98. The van der Waals surface area contributed by atoms with Gasteiger partial charge in [0, 0.05) is 30.5 Å². The van der Waals surface area contributed by atoms with E-state index in [-0.39, 0.29) is 11.1 Å². The number of nitrogens with zero attached hydrogens (tertiary/aromatic N) is 3. The van der Waals surface area contributed by atoms with Gasteiger partial charge in [0.1, 0.15) is 28.5 Å². The Morgan fingerprint density at radius 2 is 2.26 bits per heavy atom. The Morgan fingerprint density at radius 3 is 3.03 bits per heavy atom. The molecule has 5 rings (SSSR count). The summed E-state index contributed by atoms with van der Waals surface area (Å²) in [5.74, 6) is 0.463. The second-order valence-corrected chi connectivity index (χ2v) is 7.98. The lowest BCUT2D eigenvalue weighted by Gasteiger charge is -2.20. The first-order chi connectivity index (χ1) is 15.0. The maximum absolute atomic E-state index is 12.9. The van der Waals surface area contributed by atoms with Gasteiger partial charge < -0.3 is 19.2 Å². The minimum absolute atomic E-state index is 0.0148. The van der Waals surface area contributed by atoms with Crippen LogP contribution in [0, 0.1) is 5.92 Å². The molecule has 1 saturated heterocycles. The molecule has 0 spiro atoms. The smallest absolute Gasteiger partial charge is 0.280 e. The number of alkyl halides is 2. The highest BCUT2D eigenvalue weighted by Crippen LogP contribution is 2.57. The average molecular weight is 428 g/mol. The Bertz CT molecular complexity index is 1150. The molecule has 0 bridgehead atoms. The Labute approximate surface area is 177 Å². The molecule has 9 heteroatoms. The van der Waals surface area contributed by atoms with Crippen LogP contribution in [0.25, 0.3) is 5.65 Å². The van der Waals surface area contributed by atoms with Crippen molar-refractivity contribution in [2.45, 2.75) is 31.6 Å². The van der Waals surface area contributed by atoms with E-state index in [2.05, 4.69) is 10.3 Å². The van der Waals surface area contributed by atoms with Gasteiger partial charge in [-0.05, 0) is 37.8 Å². The summed E-state index contributed by atoms with van der Waals surface area (Å²) in [5.41, 5.74) is 1.55. The summed E-state index contributed by atoms with van der Waals surface area (Å²) in [7, 11) is 0. The van der Waals surface area contributed by atoms with E-state index in [1.165, 1.54) is 18.2 Å². The molecule has 2 atom stereocenters. The minimum atomic E-state index is -2.75. The lowest BCUT2D eigenvalue weighted by atomic mass is 9.98. The molecule has 1 N–H and O–H groups in total. The number of ether oxygens (including phenoxy) is 2. The van der Waals surface area contributed by atoms with Crippen molar-refractivity contribution in [2.75, 3.05) is 25.1 Å². The van der Waals surface area contributed by atoms with Gasteiger partial charge >= 0.3 is 0 Å². The Hall–Kier alpha value is -3.07. The van der Waals surface area contributed by atoms with Crippen LogP contribution in [0.4, 0.5) is 14.5 Å². The maximum Gasteiger partial charge on any atom is 0.280 e. The maximum atomic E-state index is 12.9. The van der Waals surface area contributed by atoms with E-state index in [0.717, 1.165) is 25.1 Å². The molecule has 1 aliphatic carbocycles. The number of hydrogen-bond donors (Lipinski definition) is 1. The summed E-state index contributed by atoms with van der Waals surface area (Å²) in [5, 5.41) is 2.73. The third-order valence-corrected chi connectivity index (χ3v) is 6.04. The number of carbonyl (C=O) groups excluding carboxylic acids is 1. The molecule has 1 amide bonds. The molecular weight excluding hydrogens is 406 g/mol. The van der Waals surface area contributed by atoms with Gasteiger partial charge in [0.15, 0.2) is 0 Å². The van der Waals surface area contributed by atoms with Gasteiger partial charge in [-0.15, -0.1) is 0 Å². The van der Waals surface area contributed by atoms with Crippen molar-refractivity contribution >= 4 is 17.2 Å². The number of aromatic nitrogens is 3. The van der Waals surface area contributed by atoms with Gasteiger partial charge in [0.2, 0.25) is 0 Å². The molecule has 1 unspecified atom stereocenters. The minimum Gasteiger partial charge on any atom is -0.491 e. The van der Waals surface area contributed by atoms with Crippen LogP contribution in [-0.2, 0) is 10.2 Å². The largest absolute Gasteiger partial charge is 0.491 e. The third-order valence-electron chi connectivity index (χ3n) is 6.04. The van der Waals surface area contributed by atoms with Crippen LogP contribution < -0.4 is 10.1 Å². The zero-order valence-corrected chi connectivity index (χ0v) is 17.0. The predicted molar refractivity (Wildman–Crippen MR) is 109 cm³/mol. The Kier molecular flexibility index (Phi) is 4.85. The number of pyridine rings is 2. The zero-order valence-electron chi connectivity index (χ0n) is 17.0. The highest BCUT2D eigenvalue weighted by atomic mass is 19.3. The number of imidazole rings is 1. The molecule has 1 aliphatic heterocycles. The third kappa shape index (κ3) is 3.52. The van der Waals surface area contributed by atoms with E-state index in [0.29, 0.717) is 36.2 Å². The van der Waals surface area contributed by atoms with Crippen LogP contribution in [0.5, 0.6) is 5.75 Å². The topological polar surface area (TPSA) is 77.8 Å². The number of nitrogens with one attached hydrogen (secondary N) is 1. The van der Waals surface area contributed by atoms with Crippen LogP contribution in [0.3, 0.4) is 0 Å². The molecule has 7 nitrogen and oxygen atoms in total. The molecule has 2 fully saturated rings. The van der Waals surface area contributed by atoms with Crippen molar-refractivity contribution in [2.24, 2.45) is 5.92 Å². The van der Waals surface area contributed by atoms with Gasteiger partial charge in [-0.2, -0.15) is 0 Å². The first-order valence-corrected chi connectivity index (χ1v) is 10.3. The molecule has 2 aliphatic rings. The van der Waals surface area contributed by atoms with Crippen molar-refractivity contribution in [1.82, 2.24) is 14.4 Å². The molecule has 3 aromatic rings. The molecule has 0 aromatic carbocycles. The van der Waals surface area contributed by atoms with E-state index in [1.807, 2.05) is 17.5 Å². The van der Waals surface area contributed by atoms with E-state index in [9.17, 15) is 13.6 Å². The van der Waals surface area contributed by atoms with Gasteiger partial charge in [-0.1, -0.05) is 6.07 Å². The van der Waals surface area contributed by atoms with Gasteiger partial charge in [-0.3, -0.25) is 4.79 Å². The van der Waals surface area contributed by atoms with Crippen LogP contribution in [0.15, 0.2) is 36.7 Å². The molecule has 0 radical (unpaired) electrons. The van der Waals surface area contributed by atoms with Crippen molar-refractivity contribution in [3.63, 3.8) is 0 Å². The highest BCUT2D eigenvalue weighted by molar-refractivity contribution is 6.03. The Balaban J connectivity index is 1.46. The lowest BCUT2D eigenvalue weighted by Crippen LogP contribution is -2.24.